The number of hydrogen-bond acceptors (Lipinski definition) is 0. The van der Waals surface area contributed by atoms with Crippen LogP contribution in [0.5, 0.6) is 0 Å². The van der Waals surface area contributed by atoms with E-state index in [1.807, 2.05) is 0 Å². The molecule has 0 bridgehead atoms. The summed E-state index contributed by atoms with van der Waals surface area (Å²) < 4.78 is 0. The molecule has 1 aliphatic rings. The van der Waals surface area contributed by atoms with Gasteiger partial charge in [-0.2, -0.15) is 0 Å². The first-order valence-corrected chi connectivity index (χ1v) is 9.10. The second-order valence-corrected chi connectivity index (χ2v) is 7.25. The van der Waals surface area contributed by atoms with Gasteiger partial charge in [0, 0.05) is 5.41 Å². The third-order valence-corrected chi connectivity index (χ3v) is 5.88. The summed E-state index contributed by atoms with van der Waals surface area (Å²) >= 11 is 0. The van der Waals surface area contributed by atoms with Gasteiger partial charge in [0.1, 0.15) is 0 Å². The highest BCUT2D eigenvalue weighted by Gasteiger charge is 2.37. The van der Waals surface area contributed by atoms with E-state index in [1.54, 1.807) is 0 Å². The van der Waals surface area contributed by atoms with Crippen molar-refractivity contribution in [1.82, 2.24) is 0 Å². The van der Waals surface area contributed by atoms with Crippen molar-refractivity contribution in [1.29, 1.82) is 0 Å². The quantitative estimate of drug-likeness (QED) is 0.578. The average Bonchev–Trinajstić information content (AvgIpc) is 2.64. The van der Waals surface area contributed by atoms with Gasteiger partial charge >= 0.3 is 0 Å². The Balaban J connectivity index is 1.87. The Morgan fingerprint density at radius 2 is 1.58 bits per heavy atom. The zero-order valence-electron chi connectivity index (χ0n) is 15.1. The number of rotatable bonds is 5. The van der Waals surface area contributed by atoms with E-state index in [0.717, 1.165) is 0 Å². The van der Waals surface area contributed by atoms with Crippen molar-refractivity contribution in [3.63, 3.8) is 0 Å². The molecule has 0 saturated heterocycles. The summed E-state index contributed by atoms with van der Waals surface area (Å²) in [7, 11) is 0. The van der Waals surface area contributed by atoms with E-state index in [1.165, 1.54) is 29.5 Å². The molecule has 0 amide bonds. The smallest absolute Gasteiger partial charge is 0.0198 e. The Bertz CT molecular complexity index is 708. The number of hydrogen-bond donors (Lipinski definition) is 0. The molecule has 2 aromatic carbocycles. The van der Waals surface area contributed by atoms with Gasteiger partial charge < -0.3 is 0 Å². The van der Waals surface area contributed by atoms with E-state index in [-0.39, 0.29) is 5.41 Å². The van der Waals surface area contributed by atoms with E-state index in [2.05, 4.69) is 99.7 Å². The van der Waals surface area contributed by atoms with Crippen LogP contribution in [0.1, 0.15) is 50.7 Å². The minimum Gasteiger partial charge on any atom is -0.0734 e. The molecule has 0 spiro atoms. The maximum absolute atomic E-state index is 2.44. The molecule has 0 aromatic heterocycles. The van der Waals surface area contributed by atoms with Crippen LogP contribution in [0.25, 0.3) is 0 Å². The van der Waals surface area contributed by atoms with Crippen molar-refractivity contribution in [3.8, 4) is 0 Å². The summed E-state index contributed by atoms with van der Waals surface area (Å²) in [5.74, 6) is 1.12. The molecule has 124 valence electrons. The van der Waals surface area contributed by atoms with Crippen molar-refractivity contribution in [2.24, 2.45) is 5.92 Å². The fourth-order valence-corrected chi connectivity index (χ4v) is 4.01. The van der Waals surface area contributed by atoms with Gasteiger partial charge in [-0.15, -0.1) is 0 Å². The molecule has 0 heteroatoms. The zero-order valence-corrected chi connectivity index (χ0v) is 15.1. The van der Waals surface area contributed by atoms with Crippen LogP contribution < -0.4 is 0 Å². The number of benzene rings is 2. The van der Waals surface area contributed by atoms with Crippen LogP contribution >= 0.6 is 0 Å². The molecule has 0 N–H and O–H groups in total. The van der Waals surface area contributed by atoms with E-state index >= 15 is 0 Å². The van der Waals surface area contributed by atoms with Crippen molar-refractivity contribution in [2.75, 3.05) is 0 Å². The molecule has 0 nitrogen and oxygen atoms in total. The zero-order chi connectivity index (χ0) is 17.0. The Hall–Kier alpha value is -2.08. The first-order valence-electron chi connectivity index (χ1n) is 9.10. The third-order valence-electron chi connectivity index (χ3n) is 5.88. The minimum atomic E-state index is 0.114. The van der Waals surface area contributed by atoms with Crippen LogP contribution in [0, 0.1) is 5.92 Å². The highest BCUT2D eigenvalue weighted by molar-refractivity contribution is 5.40. The molecular formula is C24H28. The monoisotopic (exact) mass is 316 g/mol. The Labute approximate surface area is 146 Å². The Morgan fingerprint density at radius 1 is 0.958 bits per heavy atom. The molecule has 3 atom stereocenters. The predicted molar refractivity (Wildman–Crippen MR) is 104 cm³/mol. The maximum atomic E-state index is 2.44. The summed E-state index contributed by atoms with van der Waals surface area (Å²) in [6.07, 6.45) is 9.34. The first kappa shape index (κ1) is 16.8. The van der Waals surface area contributed by atoms with Crippen LogP contribution in [0.4, 0.5) is 0 Å². The van der Waals surface area contributed by atoms with Gasteiger partial charge in [0.15, 0.2) is 0 Å². The second-order valence-electron chi connectivity index (χ2n) is 7.25. The Kier molecular flexibility index (Phi) is 5.04. The fourth-order valence-electron chi connectivity index (χ4n) is 4.01. The lowest BCUT2D eigenvalue weighted by Crippen LogP contribution is -2.34. The molecule has 0 aliphatic heterocycles. The summed E-state index contributed by atoms with van der Waals surface area (Å²) in [6, 6.07) is 22.0. The maximum Gasteiger partial charge on any atom is 0.0198 e. The lowest BCUT2D eigenvalue weighted by Gasteiger charge is -2.41. The van der Waals surface area contributed by atoms with Crippen LogP contribution in [0.15, 0.2) is 84.5 Å². The third kappa shape index (κ3) is 3.24. The number of allylic oxidation sites excluding steroid dienone is 4. The molecule has 2 aromatic rings. The van der Waals surface area contributed by atoms with E-state index in [9.17, 15) is 0 Å². The SMILES string of the molecule is CC1=CC=CC(CCC(C)c2ccccc2)(c2ccccc2)C1C. The van der Waals surface area contributed by atoms with Crippen molar-refractivity contribution >= 4 is 0 Å². The standard InChI is InChI=1S/C24H28/c1-19-11-10-17-24(21(19)3,23-14-8-5-9-15-23)18-16-20(2)22-12-6-4-7-13-22/h4-15,17,20-21H,16,18H2,1-3H3. The van der Waals surface area contributed by atoms with Crippen molar-refractivity contribution < 1.29 is 0 Å². The molecule has 0 radical (unpaired) electrons. The van der Waals surface area contributed by atoms with Crippen LogP contribution in [-0.4, -0.2) is 0 Å². The van der Waals surface area contributed by atoms with Crippen molar-refractivity contribution in [2.45, 2.75) is 44.9 Å². The normalized spacial score (nSPS) is 24.5. The van der Waals surface area contributed by atoms with Crippen molar-refractivity contribution in [3.05, 3.63) is 95.6 Å². The van der Waals surface area contributed by atoms with E-state index in [4.69, 9.17) is 0 Å². The van der Waals surface area contributed by atoms with Crippen LogP contribution in [0.3, 0.4) is 0 Å². The van der Waals surface area contributed by atoms with Gasteiger partial charge in [-0.1, -0.05) is 98.3 Å². The predicted octanol–water partition coefficient (Wildman–Crippen LogP) is 6.66. The lowest BCUT2D eigenvalue weighted by molar-refractivity contribution is 0.351. The summed E-state index contributed by atoms with van der Waals surface area (Å²) in [4.78, 5) is 0. The molecular weight excluding hydrogens is 288 g/mol. The van der Waals surface area contributed by atoms with Crippen LogP contribution in [0.2, 0.25) is 0 Å². The molecule has 24 heavy (non-hydrogen) atoms. The van der Waals surface area contributed by atoms with E-state index < -0.39 is 0 Å². The highest BCUT2D eigenvalue weighted by Crippen LogP contribution is 2.45. The molecule has 0 heterocycles. The van der Waals surface area contributed by atoms with Gasteiger partial charge in [0.2, 0.25) is 0 Å². The Morgan fingerprint density at radius 3 is 2.25 bits per heavy atom. The topological polar surface area (TPSA) is 0 Å². The van der Waals surface area contributed by atoms with Gasteiger partial charge in [-0.05, 0) is 42.7 Å². The molecule has 3 unspecified atom stereocenters. The first-order chi connectivity index (χ1) is 11.6. The van der Waals surface area contributed by atoms with Gasteiger partial charge in [0.25, 0.3) is 0 Å². The van der Waals surface area contributed by atoms with E-state index in [0.29, 0.717) is 11.8 Å². The minimum absolute atomic E-state index is 0.114. The molecule has 1 aliphatic carbocycles. The highest BCUT2D eigenvalue weighted by atomic mass is 14.4. The average molecular weight is 316 g/mol. The van der Waals surface area contributed by atoms with Gasteiger partial charge in [-0.3, -0.25) is 0 Å². The molecule has 3 rings (SSSR count). The van der Waals surface area contributed by atoms with Crippen LogP contribution in [-0.2, 0) is 5.41 Å². The second kappa shape index (κ2) is 7.21. The lowest BCUT2D eigenvalue weighted by atomic mass is 9.63. The molecule has 0 fully saturated rings. The summed E-state index contributed by atoms with van der Waals surface area (Å²) in [6.45, 7) is 7.01. The van der Waals surface area contributed by atoms with Gasteiger partial charge in [0.05, 0.1) is 0 Å². The summed E-state index contributed by atoms with van der Waals surface area (Å²) in [5, 5.41) is 0. The fraction of sp³-hybridized carbons (Fsp3) is 0.333. The molecule has 0 saturated carbocycles. The summed E-state index contributed by atoms with van der Waals surface area (Å²) in [5.41, 5.74) is 4.49. The largest absolute Gasteiger partial charge is 0.0734 e. The van der Waals surface area contributed by atoms with Gasteiger partial charge in [-0.25, -0.2) is 0 Å².